The molecule has 0 spiro atoms. The molecule has 134 valence electrons. The summed E-state index contributed by atoms with van der Waals surface area (Å²) in [7, 11) is 0. The second kappa shape index (κ2) is 5.83. The molecule has 0 bridgehead atoms. The van der Waals surface area contributed by atoms with Crippen LogP contribution in [0.3, 0.4) is 0 Å². The van der Waals surface area contributed by atoms with Crippen LogP contribution in [0.1, 0.15) is 38.2 Å². The Bertz CT molecular complexity index is 747. The molecule has 0 radical (unpaired) electrons. The number of nitrogens with one attached hydrogen (secondary N) is 1. The molecule has 6 nitrogen and oxygen atoms in total. The Labute approximate surface area is 146 Å². The summed E-state index contributed by atoms with van der Waals surface area (Å²) >= 11 is 0. The highest BCUT2D eigenvalue weighted by Gasteiger charge is 2.59. The standard InChI is InChI=1S/C19H24N2O4/c1-2-13-14(22)15(23)17(25-13)19-9-5-6-10(18(20)24)16(19)21-12-8-4-3-7-11(12)19/h3-4,7-8,13-15,17,21-23H,2,5-6,9H2,1H3,(H2,20,24). The number of fused-ring (bicyclic) bond motifs is 3. The summed E-state index contributed by atoms with van der Waals surface area (Å²) in [6, 6.07) is 7.83. The fourth-order valence-corrected chi connectivity index (χ4v) is 4.81. The quantitative estimate of drug-likeness (QED) is 0.659. The van der Waals surface area contributed by atoms with Gasteiger partial charge in [-0.25, -0.2) is 0 Å². The van der Waals surface area contributed by atoms with E-state index in [0.29, 0.717) is 18.4 Å². The first-order valence-corrected chi connectivity index (χ1v) is 8.92. The Morgan fingerprint density at radius 2 is 2.12 bits per heavy atom. The number of hydrogen-bond donors (Lipinski definition) is 4. The SMILES string of the molecule is CCC1OC(C23CCCC(C(N)=O)=C2Nc2ccccc23)C(O)C1O. The van der Waals surface area contributed by atoms with Crippen molar-refractivity contribution in [1.82, 2.24) is 0 Å². The van der Waals surface area contributed by atoms with Crippen molar-refractivity contribution < 1.29 is 19.7 Å². The normalized spacial score (nSPS) is 36.8. The molecule has 5 unspecified atom stereocenters. The molecule has 1 aromatic rings. The molecule has 25 heavy (non-hydrogen) atoms. The maximum absolute atomic E-state index is 12.0. The number of hydrogen-bond acceptors (Lipinski definition) is 5. The van der Waals surface area contributed by atoms with Crippen molar-refractivity contribution in [2.24, 2.45) is 5.73 Å². The van der Waals surface area contributed by atoms with Gasteiger partial charge in [-0.1, -0.05) is 25.1 Å². The van der Waals surface area contributed by atoms with Gasteiger partial charge in [-0.15, -0.1) is 0 Å². The summed E-state index contributed by atoms with van der Waals surface area (Å²) in [6.07, 6.45) is -0.254. The van der Waals surface area contributed by atoms with Crippen LogP contribution in [-0.2, 0) is 14.9 Å². The van der Waals surface area contributed by atoms with E-state index in [1.165, 1.54) is 0 Å². The maximum atomic E-state index is 12.0. The summed E-state index contributed by atoms with van der Waals surface area (Å²) in [4.78, 5) is 12.0. The summed E-state index contributed by atoms with van der Waals surface area (Å²) in [6.45, 7) is 1.92. The van der Waals surface area contributed by atoms with Crippen LogP contribution in [0.2, 0.25) is 0 Å². The van der Waals surface area contributed by atoms with E-state index in [1.54, 1.807) is 0 Å². The van der Waals surface area contributed by atoms with Crippen LogP contribution in [0.4, 0.5) is 5.69 Å². The van der Waals surface area contributed by atoms with Crippen molar-refractivity contribution in [3.63, 3.8) is 0 Å². The Hall–Kier alpha value is -1.89. The first-order valence-electron chi connectivity index (χ1n) is 8.92. The predicted molar refractivity (Wildman–Crippen MR) is 92.8 cm³/mol. The monoisotopic (exact) mass is 344 g/mol. The number of primary amides is 1. The van der Waals surface area contributed by atoms with Crippen molar-refractivity contribution in [3.8, 4) is 0 Å². The largest absolute Gasteiger partial charge is 0.388 e. The summed E-state index contributed by atoms with van der Waals surface area (Å²) in [5.41, 5.74) is 8.17. The highest BCUT2D eigenvalue weighted by molar-refractivity contribution is 5.95. The lowest BCUT2D eigenvalue weighted by Crippen LogP contribution is -2.49. The highest BCUT2D eigenvalue weighted by atomic mass is 16.5. The third-order valence-corrected chi connectivity index (χ3v) is 5.96. The zero-order chi connectivity index (χ0) is 17.8. The van der Waals surface area contributed by atoms with E-state index in [-0.39, 0.29) is 0 Å². The number of carbonyl (C=O) groups excluding carboxylic acids is 1. The van der Waals surface area contributed by atoms with E-state index in [2.05, 4.69) is 5.32 Å². The lowest BCUT2D eigenvalue weighted by atomic mass is 9.65. The van der Waals surface area contributed by atoms with Crippen LogP contribution in [0.15, 0.2) is 35.5 Å². The topological polar surface area (TPSA) is 105 Å². The smallest absolute Gasteiger partial charge is 0.246 e. The molecule has 4 rings (SSSR count). The molecule has 0 saturated carbocycles. The van der Waals surface area contributed by atoms with Gasteiger partial charge in [0.15, 0.2) is 0 Å². The van der Waals surface area contributed by atoms with Crippen LogP contribution in [0.5, 0.6) is 0 Å². The second-order valence-electron chi connectivity index (χ2n) is 7.20. The number of para-hydroxylation sites is 1. The van der Waals surface area contributed by atoms with E-state index in [4.69, 9.17) is 10.5 Å². The van der Waals surface area contributed by atoms with Crippen molar-refractivity contribution in [2.75, 3.05) is 5.32 Å². The lowest BCUT2D eigenvalue weighted by molar-refractivity contribution is -0.115. The molecule has 2 aliphatic heterocycles. The zero-order valence-electron chi connectivity index (χ0n) is 14.2. The Morgan fingerprint density at radius 3 is 2.80 bits per heavy atom. The summed E-state index contributed by atoms with van der Waals surface area (Å²) in [5.74, 6) is -0.445. The fourth-order valence-electron chi connectivity index (χ4n) is 4.81. The Morgan fingerprint density at radius 1 is 1.36 bits per heavy atom. The van der Waals surface area contributed by atoms with Gasteiger partial charge in [0.1, 0.15) is 18.3 Å². The predicted octanol–water partition coefficient (Wildman–Crippen LogP) is 1.17. The van der Waals surface area contributed by atoms with Crippen LogP contribution >= 0.6 is 0 Å². The number of benzene rings is 1. The summed E-state index contributed by atoms with van der Waals surface area (Å²) < 4.78 is 6.14. The van der Waals surface area contributed by atoms with Gasteiger partial charge in [-0.3, -0.25) is 4.79 Å². The van der Waals surface area contributed by atoms with Crippen molar-refractivity contribution in [1.29, 1.82) is 0 Å². The van der Waals surface area contributed by atoms with E-state index in [9.17, 15) is 15.0 Å². The van der Waals surface area contributed by atoms with Crippen molar-refractivity contribution in [3.05, 3.63) is 41.1 Å². The zero-order valence-corrected chi connectivity index (χ0v) is 14.2. The molecule has 3 aliphatic rings. The minimum atomic E-state index is -1.01. The Kier molecular flexibility index (Phi) is 3.86. The number of aliphatic hydroxyl groups is 2. The van der Waals surface area contributed by atoms with Crippen molar-refractivity contribution in [2.45, 2.75) is 62.4 Å². The average molecular weight is 344 g/mol. The van der Waals surface area contributed by atoms with E-state index >= 15 is 0 Å². The van der Waals surface area contributed by atoms with E-state index in [1.807, 2.05) is 31.2 Å². The van der Waals surface area contributed by atoms with Gasteiger partial charge >= 0.3 is 0 Å². The molecule has 1 amide bonds. The molecular formula is C19H24N2O4. The van der Waals surface area contributed by atoms with Gasteiger partial charge in [-0.05, 0) is 37.3 Å². The first-order chi connectivity index (χ1) is 12.0. The number of rotatable bonds is 3. The number of nitrogens with two attached hydrogens (primary N) is 1. The molecule has 2 heterocycles. The van der Waals surface area contributed by atoms with Crippen LogP contribution in [0, 0.1) is 0 Å². The third kappa shape index (κ3) is 2.18. The first kappa shape index (κ1) is 16.6. The fraction of sp³-hybridized carbons (Fsp3) is 0.526. The number of carbonyl (C=O) groups is 1. The van der Waals surface area contributed by atoms with E-state index in [0.717, 1.165) is 29.8 Å². The van der Waals surface area contributed by atoms with Gasteiger partial charge in [0, 0.05) is 17.0 Å². The van der Waals surface area contributed by atoms with Gasteiger partial charge < -0.3 is 26.0 Å². The van der Waals surface area contributed by atoms with Gasteiger partial charge in [0.25, 0.3) is 0 Å². The molecular weight excluding hydrogens is 320 g/mol. The number of aliphatic hydroxyl groups excluding tert-OH is 2. The summed E-state index contributed by atoms with van der Waals surface area (Å²) in [5, 5.41) is 24.5. The van der Waals surface area contributed by atoms with Crippen LogP contribution in [0.25, 0.3) is 0 Å². The maximum Gasteiger partial charge on any atom is 0.246 e. The molecule has 6 heteroatoms. The van der Waals surface area contributed by atoms with Gasteiger partial charge in [-0.2, -0.15) is 0 Å². The molecule has 1 fully saturated rings. The number of anilines is 1. The van der Waals surface area contributed by atoms with E-state index < -0.39 is 35.7 Å². The lowest BCUT2D eigenvalue weighted by Gasteiger charge is -2.41. The third-order valence-electron chi connectivity index (χ3n) is 5.96. The Balaban J connectivity index is 1.92. The average Bonchev–Trinajstić information content (AvgIpc) is 3.10. The number of ether oxygens (including phenoxy) is 1. The number of amides is 1. The van der Waals surface area contributed by atoms with Gasteiger partial charge in [0.2, 0.25) is 5.91 Å². The second-order valence-corrected chi connectivity index (χ2v) is 7.20. The van der Waals surface area contributed by atoms with Crippen LogP contribution < -0.4 is 11.1 Å². The minimum absolute atomic E-state index is 0.414. The minimum Gasteiger partial charge on any atom is -0.388 e. The molecule has 1 saturated heterocycles. The highest BCUT2D eigenvalue weighted by Crippen LogP contribution is 2.56. The molecule has 1 aromatic carbocycles. The van der Waals surface area contributed by atoms with Crippen LogP contribution in [-0.4, -0.2) is 40.5 Å². The molecule has 0 aromatic heterocycles. The van der Waals surface area contributed by atoms with Crippen molar-refractivity contribution >= 4 is 11.6 Å². The molecule has 5 N–H and O–H groups in total. The molecule has 5 atom stereocenters. The van der Waals surface area contributed by atoms with Gasteiger partial charge in [0.05, 0.1) is 11.5 Å². The molecule has 1 aliphatic carbocycles.